The van der Waals surface area contributed by atoms with Crippen molar-refractivity contribution in [2.45, 2.75) is 26.9 Å². The minimum Gasteiger partial charge on any atom is -0.476 e. The molecule has 0 bridgehead atoms. The number of aromatic amines is 1. The summed E-state index contributed by atoms with van der Waals surface area (Å²) in [5, 5.41) is 22.6. The van der Waals surface area contributed by atoms with Crippen LogP contribution >= 0.6 is 0 Å². The van der Waals surface area contributed by atoms with Gasteiger partial charge in [-0.2, -0.15) is 0 Å². The molecule has 0 aliphatic heterocycles. The number of aliphatic hydroxyl groups excluding tert-OH is 1. The number of aromatic nitrogens is 3. The Kier molecular flexibility index (Phi) is 4.59. The number of H-pyrrole nitrogens is 1. The van der Waals surface area contributed by atoms with Crippen molar-refractivity contribution in [2.75, 3.05) is 18.5 Å². The number of urea groups is 1. The maximum atomic E-state index is 11.6. The van der Waals surface area contributed by atoms with E-state index in [9.17, 15) is 9.90 Å². The van der Waals surface area contributed by atoms with Crippen LogP contribution in [0.5, 0.6) is 5.88 Å². The Morgan fingerprint density at radius 1 is 1.52 bits per heavy atom. The van der Waals surface area contributed by atoms with E-state index < -0.39 is 6.10 Å². The monoisotopic (exact) mass is 293 g/mol. The molecule has 21 heavy (non-hydrogen) atoms. The van der Waals surface area contributed by atoms with Crippen molar-refractivity contribution >= 4 is 22.8 Å². The minimum absolute atomic E-state index is 0.330. The zero-order chi connectivity index (χ0) is 15.4. The number of pyridine rings is 1. The van der Waals surface area contributed by atoms with E-state index in [1.807, 2.05) is 13.8 Å². The highest BCUT2D eigenvalue weighted by Gasteiger charge is 2.18. The maximum absolute atomic E-state index is 11.6. The number of carbonyl (C=O) groups excluding carboxylic acids is 1. The predicted octanol–water partition coefficient (Wildman–Crippen LogP) is 1.55. The Bertz CT molecular complexity index is 638. The SMILES string of the molecule is CCNC(=O)Nc1cc2[nH]nc(OCC)c2c(C(C)O)n1. The third-order valence-electron chi connectivity index (χ3n) is 2.79. The van der Waals surface area contributed by atoms with Gasteiger partial charge in [-0.25, -0.2) is 9.78 Å². The molecule has 2 heterocycles. The van der Waals surface area contributed by atoms with Gasteiger partial charge in [0.1, 0.15) is 5.82 Å². The first-order chi connectivity index (χ1) is 10.1. The minimum atomic E-state index is -0.819. The molecule has 0 aliphatic rings. The molecule has 2 aromatic heterocycles. The molecule has 0 spiro atoms. The van der Waals surface area contributed by atoms with Gasteiger partial charge in [-0.1, -0.05) is 0 Å². The van der Waals surface area contributed by atoms with Gasteiger partial charge in [0.25, 0.3) is 0 Å². The molecule has 114 valence electrons. The summed E-state index contributed by atoms with van der Waals surface area (Å²) >= 11 is 0. The van der Waals surface area contributed by atoms with Gasteiger partial charge >= 0.3 is 6.03 Å². The average molecular weight is 293 g/mol. The second-order valence-electron chi connectivity index (χ2n) is 4.44. The number of rotatable bonds is 5. The number of hydrogen-bond acceptors (Lipinski definition) is 5. The van der Waals surface area contributed by atoms with Crippen LogP contribution in [0.15, 0.2) is 6.07 Å². The molecule has 0 saturated heterocycles. The van der Waals surface area contributed by atoms with Crippen LogP contribution in [-0.2, 0) is 0 Å². The Morgan fingerprint density at radius 3 is 2.90 bits per heavy atom. The molecule has 1 unspecified atom stereocenters. The lowest BCUT2D eigenvalue weighted by Gasteiger charge is -2.11. The molecule has 0 radical (unpaired) electrons. The molecule has 1 atom stereocenters. The zero-order valence-corrected chi connectivity index (χ0v) is 12.2. The third-order valence-corrected chi connectivity index (χ3v) is 2.79. The third kappa shape index (κ3) is 3.22. The average Bonchev–Trinajstić information content (AvgIpc) is 2.81. The number of hydrogen-bond donors (Lipinski definition) is 4. The summed E-state index contributed by atoms with van der Waals surface area (Å²) < 4.78 is 5.42. The van der Waals surface area contributed by atoms with Crippen LogP contribution in [0.4, 0.5) is 10.6 Å². The fraction of sp³-hybridized carbons (Fsp3) is 0.462. The van der Waals surface area contributed by atoms with Gasteiger partial charge in [0.05, 0.1) is 29.3 Å². The summed E-state index contributed by atoms with van der Waals surface area (Å²) in [5.74, 6) is 0.719. The van der Waals surface area contributed by atoms with Gasteiger partial charge < -0.3 is 15.2 Å². The van der Waals surface area contributed by atoms with Crippen molar-refractivity contribution in [3.63, 3.8) is 0 Å². The van der Waals surface area contributed by atoms with E-state index in [-0.39, 0.29) is 6.03 Å². The topological polar surface area (TPSA) is 112 Å². The summed E-state index contributed by atoms with van der Waals surface area (Å²) in [6.45, 7) is 6.23. The van der Waals surface area contributed by atoms with Crippen LogP contribution < -0.4 is 15.4 Å². The zero-order valence-electron chi connectivity index (χ0n) is 12.2. The molecule has 2 rings (SSSR count). The summed E-state index contributed by atoms with van der Waals surface area (Å²) in [5.41, 5.74) is 1.03. The predicted molar refractivity (Wildman–Crippen MR) is 78.4 cm³/mol. The highest BCUT2D eigenvalue weighted by Crippen LogP contribution is 2.31. The summed E-state index contributed by atoms with van der Waals surface area (Å²) in [4.78, 5) is 15.8. The van der Waals surface area contributed by atoms with Gasteiger partial charge in [-0.3, -0.25) is 10.4 Å². The van der Waals surface area contributed by atoms with E-state index in [0.717, 1.165) is 0 Å². The van der Waals surface area contributed by atoms with Crippen LogP contribution in [0.2, 0.25) is 0 Å². The molecule has 8 heteroatoms. The molecule has 0 fully saturated rings. The molecule has 2 amide bonds. The van der Waals surface area contributed by atoms with Crippen molar-refractivity contribution in [3.8, 4) is 5.88 Å². The van der Waals surface area contributed by atoms with E-state index in [1.165, 1.54) is 0 Å². The first-order valence-electron chi connectivity index (χ1n) is 6.81. The van der Waals surface area contributed by atoms with Gasteiger partial charge in [-0.05, 0) is 20.8 Å². The Morgan fingerprint density at radius 2 is 2.29 bits per heavy atom. The number of anilines is 1. The fourth-order valence-corrected chi connectivity index (χ4v) is 1.97. The van der Waals surface area contributed by atoms with E-state index in [0.29, 0.717) is 41.4 Å². The quantitative estimate of drug-likeness (QED) is 0.668. The van der Waals surface area contributed by atoms with Crippen LogP contribution in [-0.4, -0.2) is 39.5 Å². The number of ether oxygens (including phenoxy) is 1. The van der Waals surface area contributed by atoms with Crippen molar-refractivity contribution in [3.05, 3.63) is 11.8 Å². The summed E-state index contributed by atoms with van der Waals surface area (Å²) in [6.07, 6.45) is -0.819. The second-order valence-corrected chi connectivity index (χ2v) is 4.44. The molecule has 0 saturated carbocycles. The fourth-order valence-electron chi connectivity index (χ4n) is 1.97. The van der Waals surface area contributed by atoms with Crippen molar-refractivity contribution in [2.24, 2.45) is 0 Å². The van der Waals surface area contributed by atoms with Crippen LogP contribution in [0.3, 0.4) is 0 Å². The highest BCUT2D eigenvalue weighted by atomic mass is 16.5. The molecular weight excluding hydrogens is 274 g/mol. The lowest BCUT2D eigenvalue weighted by Crippen LogP contribution is -2.28. The van der Waals surface area contributed by atoms with Gasteiger partial charge in [0.2, 0.25) is 5.88 Å². The van der Waals surface area contributed by atoms with E-state index in [4.69, 9.17) is 4.74 Å². The normalized spacial score (nSPS) is 12.2. The van der Waals surface area contributed by atoms with Gasteiger partial charge in [0, 0.05) is 12.6 Å². The molecule has 4 N–H and O–H groups in total. The lowest BCUT2D eigenvalue weighted by molar-refractivity contribution is 0.196. The first-order valence-corrected chi connectivity index (χ1v) is 6.81. The van der Waals surface area contributed by atoms with Gasteiger partial charge in [0.15, 0.2) is 0 Å². The van der Waals surface area contributed by atoms with E-state index >= 15 is 0 Å². The molecule has 2 aromatic rings. The molecule has 8 nitrogen and oxygen atoms in total. The van der Waals surface area contributed by atoms with Crippen LogP contribution in [0.25, 0.3) is 10.9 Å². The number of aliphatic hydroxyl groups is 1. The smallest absolute Gasteiger partial charge is 0.320 e. The van der Waals surface area contributed by atoms with Gasteiger partial charge in [-0.15, -0.1) is 5.10 Å². The van der Waals surface area contributed by atoms with Crippen LogP contribution in [0.1, 0.15) is 32.6 Å². The number of nitrogens with zero attached hydrogens (tertiary/aromatic N) is 2. The van der Waals surface area contributed by atoms with Crippen molar-refractivity contribution < 1.29 is 14.6 Å². The second kappa shape index (κ2) is 6.40. The van der Waals surface area contributed by atoms with Crippen LogP contribution in [0, 0.1) is 0 Å². The van der Waals surface area contributed by atoms with Crippen molar-refractivity contribution in [1.29, 1.82) is 0 Å². The van der Waals surface area contributed by atoms with E-state index in [1.54, 1.807) is 13.0 Å². The Labute approximate surface area is 121 Å². The maximum Gasteiger partial charge on any atom is 0.320 e. The lowest BCUT2D eigenvalue weighted by atomic mass is 10.1. The number of amides is 2. The first kappa shape index (κ1) is 15.0. The molecular formula is C13H19N5O3. The Balaban J connectivity index is 2.45. The number of nitrogens with one attached hydrogen (secondary N) is 3. The van der Waals surface area contributed by atoms with E-state index in [2.05, 4.69) is 25.8 Å². The van der Waals surface area contributed by atoms with Crippen molar-refractivity contribution in [1.82, 2.24) is 20.5 Å². The largest absolute Gasteiger partial charge is 0.476 e. The standard InChI is InChI=1S/C13H19N5O3/c1-4-14-13(20)16-9-6-8-10(11(15-9)7(3)19)12(18-17-8)21-5-2/h6-7,19H,4-5H2,1-3H3,(H,17,18)(H2,14,15,16,20). The summed E-state index contributed by atoms with van der Waals surface area (Å²) in [7, 11) is 0. The molecule has 0 aromatic carbocycles. The highest BCUT2D eigenvalue weighted by molar-refractivity contribution is 5.93. The number of fused-ring (bicyclic) bond motifs is 1. The summed E-state index contributed by atoms with van der Waals surface area (Å²) in [6, 6.07) is 1.29. The Hall–Kier alpha value is -2.35. The number of carbonyl (C=O) groups is 1. The molecule has 0 aliphatic carbocycles.